The van der Waals surface area contributed by atoms with Crippen LogP contribution in [0.5, 0.6) is 0 Å². The Balaban J connectivity index is 2.30. The highest BCUT2D eigenvalue weighted by molar-refractivity contribution is 4.88. The molecule has 2 nitrogen and oxygen atoms in total. The van der Waals surface area contributed by atoms with Gasteiger partial charge in [0, 0.05) is 12.1 Å². The Morgan fingerprint density at radius 2 is 2.17 bits per heavy atom. The van der Waals surface area contributed by atoms with Crippen molar-refractivity contribution in [3.63, 3.8) is 0 Å². The molecule has 1 aliphatic rings. The lowest BCUT2D eigenvalue weighted by atomic mass is 9.76. The van der Waals surface area contributed by atoms with Crippen molar-refractivity contribution in [1.82, 2.24) is 5.32 Å². The van der Waals surface area contributed by atoms with Crippen LogP contribution in [0.4, 0.5) is 0 Å². The van der Waals surface area contributed by atoms with Gasteiger partial charge in [-0.3, -0.25) is 0 Å². The molecule has 0 aromatic carbocycles. The predicted molar refractivity (Wildman–Crippen MR) is 53.1 cm³/mol. The minimum atomic E-state index is 0.194. The Morgan fingerprint density at radius 1 is 1.50 bits per heavy atom. The van der Waals surface area contributed by atoms with Crippen molar-refractivity contribution in [2.45, 2.75) is 45.1 Å². The van der Waals surface area contributed by atoms with E-state index < -0.39 is 0 Å². The maximum absolute atomic E-state index is 5.76. The monoisotopic (exact) mass is 170 g/mol. The van der Waals surface area contributed by atoms with E-state index in [0.29, 0.717) is 0 Å². The first-order valence-corrected chi connectivity index (χ1v) is 5.15. The van der Waals surface area contributed by atoms with Crippen molar-refractivity contribution >= 4 is 0 Å². The fraction of sp³-hybridized carbons (Fsp3) is 1.00. The van der Waals surface area contributed by atoms with Crippen molar-refractivity contribution in [2.24, 2.45) is 11.7 Å². The lowest BCUT2D eigenvalue weighted by molar-refractivity contribution is 0.210. The van der Waals surface area contributed by atoms with Gasteiger partial charge in [-0.25, -0.2) is 0 Å². The van der Waals surface area contributed by atoms with E-state index in [1.807, 2.05) is 0 Å². The third-order valence-electron chi connectivity index (χ3n) is 3.02. The van der Waals surface area contributed by atoms with Crippen LogP contribution in [0.25, 0.3) is 0 Å². The van der Waals surface area contributed by atoms with Crippen molar-refractivity contribution in [3.05, 3.63) is 0 Å². The van der Waals surface area contributed by atoms with Gasteiger partial charge in [0.05, 0.1) is 0 Å². The van der Waals surface area contributed by atoms with Crippen LogP contribution in [0.3, 0.4) is 0 Å². The second-order valence-corrected chi connectivity index (χ2v) is 4.30. The Morgan fingerprint density at radius 3 is 2.50 bits per heavy atom. The van der Waals surface area contributed by atoms with Gasteiger partial charge >= 0.3 is 0 Å². The number of hydrogen-bond acceptors (Lipinski definition) is 2. The first-order chi connectivity index (χ1) is 5.70. The van der Waals surface area contributed by atoms with E-state index in [4.69, 9.17) is 5.73 Å². The molecule has 0 aromatic heterocycles. The molecule has 0 heterocycles. The maximum atomic E-state index is 5.76. The van der Waals surface area contributed by atoms with E-state index in [9.17, 15) is 0 Å². The van der Waals surface area contributed by atoms with Gasteiger partial charge in [-0.05, 0) is 25.8 Å². The molecule has 0 aliphatic heterocycles. The molecule has 0 aromatic rings. The molecule has 1 rings (SSSR count). The molecule has 0 spiro atoms. The molecule has 0 bridgehead atoms. The molecule has 72 valence electrons. The Hall–Kier alpha value is -0.0800. The summed E-state index contributed by atoms with van der Waals surface area (Å²) in [4.78, 5) is 0. The maximum Gasteiger partial charge on any atom is 0.0278 e. The van der Waals surface area contributed by atoms with Gasteiger partial charge in [0.25, 0.3) is 0 Å². The third kappa shape index (κ3) is 2.46. The molecule has 3 N–H and O–H groups in total. The van der Waals surface area contributed by atoms with Crippen LogP contribution in [0.15, 0.2) is 0 Å². The Kier molecular flexibility index (Phi) is 3.53. The molecule has 0 saturated heterocycles. The van der Waals surface area contributed by atoms with Gasteiger partial charge in [-0.2, -0.15) is 0 Å². The fourth-order valence-electron chi connectivity index (χ4n) is 1.99. The van der Waals surface area contributed by atoms with Crippen molar-refractivity contribution < 1.29 is 0 Å². The minimum absolute atomic E-state index is 0.194. The van der Waals surface area contributed by atoms with Gasteiger partial charge in [-0.15, -0.1) is 0 Å². The van der Waals surface area contributed by atoms with Gasteiger partial charge in [-0.1, -0.05) is 26.2 Å². The van der Waals surface area contributed by atoms with E-state index in [1.165, 1.54) is 25.7 Å². The molecule has 1 aliphatic carbocycles. The number of nitrogens with one attached hydrogen (secondary N) is 1. The van der Waals surface area contributed by atoms with E-state index in [1.54, 1.807) is 0 Å². The molecular weight excluding hydrogens is 148 g/mol. The van der Waals surface area contributed by atoms with Crippen LogP contribution < -0.4 is 11.1 Å². The normalized spacial score (nSPS) is 23.2. The highest BCUT2D eigenvalue weighted by Crippen LogP contribution is 2.33. The second kappa shape index (κ2) is 4.24. The lowest BCUT2D eigenvalue weighted by Crippen LogP contribution is -2.50. The summed E-state index contributed by atoms with van der Waals surface area (Å²) in [5.74, 6) is 0.942. The van der Waals surface area contributed by atoms with Crippen molar-refractivity contribution in [2.75, 3.05) is 13.1 Å². The van der Waals surface area contributed by atoms with E-state index in [0.717, 1.165) is 19.0 Å². The highest BCUT2D eigenvalue weighted by Gasteiger charge is 2.28. The number of likely N-dealkylation sites (N-methyl/N-ethyl adjacent to an activating group) is 1. The third-order valence-corrected chi connectivity index (χ3v) is 3.02. The lowest BCUT2D eigenvalue weighted by Gasteiger charge is -2.36. The second-order valence-electron chi connectivity index (χ2n) is 4.30. The zero-order valence-electron chi connectivity index (χ0n) is 8.40. The van der Waals surface area contributed by atoms with E-state index >= 15 is 0 Å². The number of nitrogens with two attached hydrogens (primary N) is 1. The topological polar surface area (TPSA) is 38.0 Å². The molecule has 0 amide bonds. The zero-order valence-corrected chi connectivity index (χ0v) is 8.40. The van der Waals surface area contributed by atoms with Crippen molar-refractivity contribution in [3.8, 4) is 0 Å². The summed E-state index contributed by atoms with van der Waals surface area (Å²) in [6.45, 7) is 6.18. The summed E-state index contributed by atoms with van der Waals surface area (Å²) in [5.41, 5.74) is 5.95. The van der Waals surface area contributed by atoms with Gasteiger partial charge in [0.1, 0.15) is 0 Å². The summed E-state index contributed by atoms with van der Waals surface area (Å²) in [5, 5.41) is 3.48. The number of rotatable bonds is 5. The molecule has 1 atom stereocenters. The molecule has 2 heteroatoms. The van der Waals surface area contributed by atoms with Crippen LogP contribution in [-0.2, 0) is 0 Å². The van der Waals surface area contributed by atoms with E-state index in [2.05, 4.69) is 19.2 Å². The zero-order chi connectivity index (χ0) is 9.03. The quantitative estimate of drug-likeness (QED) is 0.656. The molecule has 1 unspecified atom stereocenters. The van der Waals surface area contributed by atoms with Gasteiger partial charge in [0.2, 0.25) is 0 Å². The van der Waals surface area contributed by atoms with E-state index in [-0.39, 0.29) is 5.54 Å². The largest absolute Gasteiger partial charge is 0.329 e. The SMILES string of the molecule is CCNC(C)(CN)CC1CCC1. The van der Waals surface area contributed by atoms with Gasteiger partial charge in [0.15, 0.2) is 0 Å². The predicted octanol–water partition coefficient (Wildman–Crippen LogP) is 1.50. The van der Waals surface area contributed by atoms with Crippen LogP contribution in [-0.4, -0.2) is 18.6 Å². The average molecular weight is 170 g/mol. The molecule has 1 saturated carbocycles. The molecule has 0 radical (unpaired) electrons. The van der Waals surface area contributed by atoms with Crippen LogP contribution in [0, 0.1) is 5.92 Å². The smallest absolute Gasteiger partial charge is 0.0278 e. The molecule has 1 fully saturated rings. The summed E-state index contributed by atoms with van der Waals surface area (Å²) in [6.07, 6.45) is 5.52. The summed E-state index contributed by atoms with van der Waals surface area (Å²) in [6, 6.07) is 0. The first-order valence-electron chi connectivity index (χ1n) is 5.15. The summed E-state index contributed by atoms with van der Waals surface area (Å²) in [7, 11) is 0. The first kappa shape index (κ1) is 10.0. The Labute approximate surface area is 75.9 Å². The molecular formula is C10H22N2. The van der Waals surface area contributed by atoms with Crippen LogP contribution >= 0.6 is 0 Å². The molecule has 12 heavy (non-hydrogen) atoms. The minimum Gasteiger partial charge on any atom is -0.329 e. The van der Waals surface area contributed by atoms with Crippen molar-refractivity contribution in [1.29, 1.82) is 0 Å². The number of hydrogen-bond donors (Lipinski definition) is 2. The highest BCUT2D eigenvalue weighted by atomic mass is 15.0. The standard InChI is InChI=1S/C10H22N2/c1-3-12-10(2,8-11)7-9-5-4-6-9/h9,12H,3-8,11H2,1-2H3. The fourth-order valence-corrected chi connectivity index (χ4v) is 1.99. The summed E-state index contributed by atoms with van der Waals surface area (Å²) >= 11 is 0. The van der Waals surface area contributed by atoms with Crippen LogP contribution in [0.1, 0.15) is 39.5 Å². The van der Waals surface area contributed by atoms with Crippen LogP contribution in [0.2, 0.25) is 0 Å². The average Bonchev–Trinajstić information content (AvgIpc) is 1.98. The summed E-state index contributed by atoms with van der Waals surface area (Å²) < 4.78 is 0. The van der Waals surface area contributed by atoms with Gasteiger partial charge < -0.3 is 11.1 Å². The Bertz CT molecular complexity index is 132.